The van der Waals surface area contributed by atoms with Crippen molar-refractivity contribution in [1.29, 1.82) is 0 Å². The molecule has 1 aliphatic heterocycles. The molecule has 1 amide bonds. The molecule has 0 saturated carbocycles. The molecule has 0 radical (unpaired) electrons. The molecule has 21 heavy (non-hydrogen) atoms. The molecule has 1 aromatic carbocycles. The number of carbonyl (C=O) groups is 2. The lowest BCUT2D eigenvalue weighted by atomic mass is 10.1. The van der Waals surface area contributed by atoms with E-state index in [9.17, 15) is 9.59 Å². The normalized spacial score (nSPS) is 17.4. The molecule has 1 heterocycles. The maximum absolute atomic E-state index is 12.0. The Morgan fingerprint density at radius 2 is 1.90 bits per heavy atom. The van der Waals surface area contributed by atoms with Crippen LogP contribution >= 0.6 is 24.0 Å². The van der Waals surface area contributed by atoms with Gasteiger partial charge >= 0.3 is 0 Å². The fourth-order valence-electron chi connectivity index (χ4n) is 2.41. The monoisotopic (exact) mass is 330 g/mol. The van der Waals surface area contributed by atoms with Crippen molar-refractivity contribution in [3.63, 3.8) is 0 Å². The number of nitrogens with two attached hydrogens (primary N) is 1. The summed E-state index contributed by atoms with van der Waals surface area (Å²) in [5.41, 5.74) is 6.20. The van der Waals surface area contributed by atoms with E-state index >= 15 is 0 Å². The molecule has 0 bridgehead atoms. The maximum Gasteiger partial charge on any atom is 0.223 e. The zero-order valence-corrected chi connectivity index (χ0v) is 13.3. The third kappa shape index (κ3) is 4.99. The Kier molecular flexibility index (Phi) is 7.15. The van der Waals surface area contributed by atoms with Gasteiger partial charge in [-0.1, -0.05) is 11.6 Å². The van der Waals surface area contributed by atoms with E-state index < -0.39 is 0 Å². The number of hydrogen-bond acceptors (Lipinski definition) is 3. The molecular formula is C15H20Cl2N2O2. The third-order valence-corrected chi connectivity index (χ3v) is 3.96. The van der Waals surface area contributed by atoms with E-state index in [1.807, 2.05) is 4.90 Å². The molecule has 116 valence electrons. The molecule has 1 fully saturated rings. The minimum Gasteiger partial charge on any atom is -0.342 e. The summed E-state index contributed by atoms with van der Waals surface area (Å²) < 4.78 is 0. The smallest absolute Gasteiger partial charge is 0.223 e. The molecule has 0 spiro atoms. The van der Waals surface area contributed by atoms with Gasteiger partial charge in [0, 0.05) is 36.5 Å². The van der Waals surface area contributed by atoms with Crippen LogP contribution in [0.25, 0.3) is 0 Å². The average molecular weight is 331 g/mol. The lowest BCUT2D eigenvalue weighted by Crippen LogP contribution is -2.30. The first-order valence-electron chi connectivity index (χ1n) is 6.86. The molecule has 1 aromatic rings. The minimum atomic E-state index is -0.0235. The van der Waals surface area contributed by atoms with Crippen LogP contribution in [-0.4, -0.2) is 36.2 Å². The molecular weight excluding hydrogens is 311 g/mol. The zero-order chi connectivity index (χ0) is 14.5. The van der Waals surface area contributed by atoms with Crippen molar-refractivity contribution in [2.75, 3.05) is 19.6 Å². The summed E-state index contributed by atoms with van der Waals surface area (Å²) in [6.07, 6.45) is 1.47. The number of halogens is 2. The first-order chi connectivity index (χ1) is 9.60. The number of amides is 1. The topological polar surface area (TPSA) is 63.4 Å². The first-order valence-corrected chi connectivity index (χ1v) is 7.24. The molecule has 1 saturated heterocycles. The number of ketones is 1. The molecule has 1 aliphatic rings. The van der Waals surface area contributed by atoms with E-state index in [-0.39, 0.29) is 36.9 Å². The predicted octanol–water partition coefficient (Wildman–Crippen LogP) is 2.53. The predicted molar refractivity (Wildman–Crippen MR) is 86.0 cm³/mol. The van der Waals surface area contributed by atoms with Crippen LogP contribution in [-0.2, 0) is 4.79 Å². The van der Waals surface area contributed by atoms with Gasteiger partial charge in [0.05, 0.1) is 0 Å². The average Bonchev–Trinajstić information content (AvgIpc) is 2.94. The van der Waals surface area contributed by atoms with Crippen molar-refractivity contribution in [2.24, 2.45) is 11.7 Å². The van der Waals surface area contributed by atoms with Crippen molar-refractivity contribution in [3.8, 4) is 0 Å². The highest BCUT2D eigenvalue weighted by Gasteiger charge is 2.25. The fraction of sp³-hybridized carbons (Fsp3) is 0.467. The van der Waals surface area contributed by atoms with E-state index in [0.717, 1.165) is 19.5 Å². The second-order valence-electron chi connectivity index (χ2n) is 5.16. The Bertz CT molecular complexity index is 491. The van der Waals surface area contributed by atoms with Gasteiger partial charge in [0.2, 0.25) is 5.91 Å². The van der Waals surface area contributed by atoms with Gasteiger partial charge in [-0.2, -0.15) is 0 Å². The molecule has 0 aromatic heterocycles. The largest absolute Gasteiger partial charge is 0.342 e. The third-order valence-electron chi connectivity index (χ3n) is 3.70. The summed E-state index contributed by atoms with van der Waals surface area (Å²) in [5.74, 6) is 0.429. The molecule has 1 atom stereocenters. The fourth-order valence-corrected chi connectivity index (χ4v) is 2.54. The Labute approximate surface area is 136 Å². The number of carbonyl (C=O) groups excluding carboxylic acids is 2. The molecule has 1 unspecified atom stereocenters. The van der Waals surface area contributed by atoms with Crippen molar-refractivity contribution in [3.05, 3.63) is 34.9 Å². The summed E-state index contributed by atoms with van der Waals surface area (Å²) in [4.78, 5) is 25.8. The zero-order valence-electron chi connectivity index (χ0n) is 11.8. The number of nitrogens with zero attached hydrogens (tertiary/aromatic N) is 1. The van der Waals surface area contributed by atoms with Gasteiger partial charge in [0.25, 0.3) is 0 Å². The van der Waals surface area contributed by atoms with Crippen molar-refractivity contribution < 1.29 is 9.59 Å². The Morgan fingerprint density at radius 1 is 1.24 bits per heavy atom. The molecule has 2 rings (SSSR count). The lowest BCUT2D eigenvalue weighted by molar-refractivity contribution is -0.130. The number of benzene rings is 1. The highest BCUT2D eigenvalue weighted by atomic mass is 35.5. The Morgan fingerprint density at radius 3 is 2.48 bits per heavy atom. The standard InChI is InChI=1S/C15H19ClN2O2.ClH/c16-13-3-1-12(2-4-13)14(19)5-6-15(20)18-8-7-11(9-17)10-18;/h1-4,11H,5-10,17H2;1H. The van der Waals surface area contributed by atoms with Crippen molar-refractivity contribution >= 4 is 35.7 Å². The Balaban J connectivity index is 0.00000220. The van der Waals surface area contributed by atoms with Crippen LogP contribution in [0.3, 0.4) is 0 Å². The van der Waals surface area contributed by atoms with Gasteiger partial charge in [-0.15, -0.1) is 12.4 Å². The SMILES string of the molecule is Cl.NCC1CCN(C(=O)CCC(=O)c2ccc(Cl)cc2)C1. The van der Waals surface area contributed by atoms with Crippen LogP contribution < -0.4 is 5.73 Å². The number of rotatable bonds is 5. The van der Waals surface area contributed by atoms with E-state index in [4.69, 9.17) is 17.3 Å². The lowest BCUT2D eigenvalue weighted by Gasteiger charge is -2.15. The highest BCUT2D eigenvalue weighted by molar-refractivity contribution is 6.30. The summed E-state index contributed by atoms with van der Waals surface area (Å²) in [5, 5.41) is 0.600. The van der Waals surface area contributed by atoms with E-state index in [2.05, 4.69) is 0 Å². The van der Waals surface area contributed by atoms with Gasteiger partial charge in [-0.05, 0) is 43.1 Å². The van der Waals surface area contributed by atoms with Crippen LogP contribution in [0.15, 0.2) is 24.3 Å². The van der Waals surface area contributed by atoms with Gasteiger partial charge in [-0.3, -0.25) is 9.59 Å². The van der Waals surface area contributed by atoms with Crippen molar-refractivity contribution in [1.82, 2.24) is 4.90 Å². The summed E-state index contributed by atoms with van der Waals surface area (Å²) in [6, 6.07) is 6.75. The number of hydrogen-bond donors (Lipinski definition) is 1. The van der Waals surface area contributed by atoms with Gasteiger partial charge in [-0.25, -0.2) is 0 Å². The molecule has 2 N–H and O–H groups in total. The van der Waals surface area contributed by atoms with Gasteiger partial charge < -0.3 is 10.6 Å². The quantitative estimate of drug-likeness (QED) is 0.844. The minimum absolute atomic E-state index is 0. The first kappa shape index (κ1) is 18.0. The van der Waals surface area contributed by atoms with Gasteiger partial charge in [0.15, 0.2) is 5.78 Å². The summed E-state index contributed by atoms with van der Waals surface area (Å²) in [7, 11) is 0. The molecule has 6 heteroatoms. The van der Waals surface area contributed by atoms with E-state index in [0.29, 0.717) is 23.0 Å². The van der Waals surface area contributed by atoms with Gasteiger partial charge in [0.1, 0.15) is 0 Å². The van der Waals surface area contributed by atoms with Crippen molar-refractivity contribution in [2.45, 2.75) is 19.3 Å². The second kappa shape index (κ2) is 8.37. The summed E-state index contributed by atoms with van der Waals surface area (Å²) in [6.45, 7) is 2.10. The maximum atomic E-state index is 12.0. The van der Waals surface area contributed by atoms with Crippen LogP contribution in [0.4, 0.5) is 0 Å². The van der Waals surface area contributed by atoms with Crippen LogP contribution in [0.1, 0.15) is 29.6 Å². The van der Waals surface area contributed by atoms with Crippen LogP contribution in [0.5, 0.6) is 0 Å². The summed E-state index contributed by atoms with van der Waals surface area (Å²) >= 11 is 5.78. The highest BCUT2D eigenvalue weighted by Crippen LogP contribution is 2.17. The number of Topliss-reactive ketones (excluding diaryl/α,β-unsaturated/α-hetero) is 1. The Hall–Kier alpha value is -1.10. The van der Waals surface area contributed by atoms with Crippen LogP contribution in [0, 0.1) is 5.92 Å². The molecule has 0 aliphatic carbocycles. The van der Waals surface area contributed by atoms with Crippen LogP contribution in [0.2, 0.25) is 5.02 Å². The number of likely N-dealkylation sites (tertiary alicyclic amines) is 1. The van der Waals surface area contributed by atoms with E-state index in [1.54, 1.807) is 24.3 Å². The molecule has 4 nitrogen and oxygen atoms in total. The second-order valence-corrected chi connectivity index (χ2v) is 5.60. The van der Waals surface area contributed by atoms with E-state index in [1.165, 1.54) is 0 Å².